The lowest BCUT2D eigenvalue weighted by Gasteiger charge is -2.36. The van der Waals surface area contributed by atoms with E-state index in [0.717, 1.165) is 12.8 Å². The molecule has 1 saturated heterocycles. The van der Waals surface area contributed by atoms with Crippen LogP contribution < -0.4 is 0 Å². The van der Waals surface area contributed by atoms with E-state index in [1.807, 2.05) is 0 Å². The van der Waals surface area contributed by atoms with Gasteiger partial charge in [0.15, 0.2) is 0 Å². The Bertz CT molecular complexity index is 458. The Morgan fingerprint density at radius 1 is 1.31 bits per heavy atom. The van der Waals surface area contributed by atoms with E-state index in [1.54, 1.807) is 18.2 Å². The molecule has 0 saturated carbocycles. The van der Waals surface area contributed by atoms with Gasteiger partial charge >= 0.3 is 5.92 Å². The quantitative estimate of drug-likeness (QED) is 0.661. The summed E-state index contributed by atoms with van der Waals surface area (Å²) in [7, 11) is 0. The van der Waals surface area contributed by atoms with Gasteiger partial charge in [0.25, 0.3) is 5.91 Å². The lowest BCUT2D eigenvalue weighted by molar-refractivity contribution is -0.163. The zero-order chi connectivity index (χ0) is 11.3. The van der Waals surface area contributed by atoms with Crippen LogP contribution in [0.3, 0.4) is 0 Å². The number of hydrogen-bond donors (Lipinski definition) is 0. The molecule has 1 fully saturated rings. The minimum atomic E-state index is -3.35. The standard InChI is InChI=1S/C12H11F2NO/c13-12(14)9-5-2-1-4-8(9)10-6-3-7-15(10)11(12)16/h1-2,4-5,10H,3,6-7H2/t10-/m0/s1. The molecule has 16 heavy (non-hydrogen) atoms. The molecule has 3 rings (SSSR count). The van der Waals surface area contributed by atoms with Gasteiger partial charge in [0.1, 0.15) is 0 Å². The molecule has 2 heterocycles. The van der Waals surface area contributed by atoms with Crippen molar-refractivity contribution in [2.75, 3.05) is 6.54 Å². The van der Waals surface area contributed by atoms with Gasteiger partial charge in [-0.25, -0.2) is 0 Å². The van der Waals surface area contributed by atoms with Crippen LogP contribution in [0.1, 0.15) is 30.0 Å². The van der Waals surface area contributed by atoms with Gasteiger partial charge in [0, 0.05) is 12.1 Å². The number of carbonyl (C=O) groups is 1. The summed E-state index contributed by atoms with van der Waals surface area (Å²) >= 11 is 0. The average molecular weight is 223 g/mol. The second-order valence-electron chi connectivity index (χ2n) is 4.32. The van der Waals surface area contributed by atoms with Crippen molar-refractivity contribution in [3.8, 4) is 0 Å². The van der Waals surface area contributed by atoms with Gasteiger partial charge in [0.2, 0.25) is 0 Å². The SMILES string of the molecule is O=C1N2CCC[C@H]2c2ccccc2C1(F)F. The number of hydrogen-bond acceptors (Lipinski definition) is 1. The number of alkyl halides is 2. The van der Waals surface area contributed by atoms with Crippen LogP contribution in [-0.4, -0.2) is 17.4 Å². The Labute approximate surface area is 91.9 Å². The molecular weight excluding hydrogens is 212 g/mol. The third-order valence-corrected chi connectivity index (χ3v) is 3.44. The van der Waals surface area contributed by atoms with Crippen molar-refractivity contribution in [1.82, 2.24) is 4.90 Å². The highest BCUT2D eigenvalue weighted by Crippen LogP contribution is 2.46. The average Bonchev–Trinajstić information content (AvgIpc) is 2.75. The topological polar surface area (TPSA) is 20.3 Å². The fourth-order valence-electron chi connectivity index (χ4n) is 2.70. The Kier molecular flexibility index (Phi) is 1.85. The van der Waals surface area contributed by atoms with Crippen LogP contribution >= 0.6 is 0 Å². The summed E-state index contributed by atoms with van der Waals surface area (Å²) in [6.45, 7) is 0.452. The molecule has 1 aromatic rings. The van der Waals surface area contributed by atoms with E-state index < -0.39 is 11.8 Å². The molecule has 2 aliphatic heterocycles. The zero-order valence-electron chi connectivity index (χ0n) is 8.62. The molecule has 1 atom stereocenters. The van der Waals surface area contributed by atoms with Gasteiger partial charge < -0.3 is 4.90 Å². The van der Waals surface area contributed by atoms with E-state index in [4.69, 9.17) is 0 Å². The van der Waals surface area contributed by atoms with Crippen LogP contribution in [0.4, 0.5) is 8.78 Å². The van der Waals surface area contributed by atoms with E-state index >= 15 is 0 Å². The van der Waals surface area contributed by atoms with Crippen molar-refractivity contribution in [3.63, 3.8) is 0 Å². The maximum atomic E-state index is 13.8. The fraction of sp³-hybridized carbons (Fsp3) is 0.417. The molecule has 1 amide bonds. The number of halogens is 2. The van der Waals surface area contributed by atoms with Gasteiger partial charge in [-0.2, -0.15) is 8.78 Å². The molecule has 0 aromatic heterocycles. The van der Waals surface area contributed by atoms with E-state index in [9.17, 15) is 13.6 Å². The maximum Gasteiger partial charge on any atom is 0.350 e. The molecule has 0 N–H and O–H groups in total. The molecule has 0 bridgehead atoms. The van der Waals surface area contributed by atoms with Crippen molar-refractivity contribution in [2.24, 2.45) is 0 Å². The third kappa shape index (κ3) is 1.07. The number of fused-ring (bicyclic) bond motifs is 3. The molecule has 0 aliphatic carbocycles. The second kappa shape index (κ2) is 3.03. The largest absolute Gasteiger partial charge is 0.350 e. The normalized spacial score (nSPS) is 26.5. The summed E-state index contributed by atoms with van der Waals surface area (Å²) in [5.74, 6) is -4.38. The first-order valence-corrected chi connectivity index (χ1v) is 5.40. The van der Waals surface area contributed by atoms with Crippen LogP contribution in [0, 0.1) is 0 Å². The van der Waals surface area contributed by atoms with Gasteiger partial charge in [-0.05, 0) is 18.4 Å². The maximum absolute atomic E-state index is 13.8. The monoisotopic (exact) mass is 223 g/mol. The number of benzene rings is 1. The Morgan fingerprint density at radius 2 is 2.06 bits per heavy atom. The minimum Gasteiger partial charge on any atom is -0.330 e. The number of carbonyl (C=O) groups excluding carboxylic acids is 1. The van der Waals surface area contributed by atoms with Crippen LogP contribution in [0.15, 0.2) is 24.3 Å². The fourth-order valence-corrected chi connectivity index (χ4v) is 2.70. The summed E-state index contributed by atoms with van der Waals surface area (Å²) in [4.78, 5) is 13.0. The molecule has 2 nitrogen and oxygen atoms in total. The first-order valence-electron chi connectivity index (χ1n) is 5.40. The second-order valence-corrected chi connectivity index (χ2v) is 4.32. The smallest absolute Gasteiger partial charge is 0.330 e. The van der Waals surface area contributed by atoms with E-state index in [1.165, 1.54) is 11.0 Å². The van der Waals surface area contributed by atoms with Crippen molar-refractivity contribution in [3.05, 3.63) is 35.4 Å². The molecule has 2 aliphatic rings. The summed E-state index contributed by atoms with van der Waals surface area (Å²) in [6, 6.07) is 6.25. The van der Waals surface area contributed by atoms with E-state index in [-0.39, 0.29) is 11.6 Å². The highest BCUT2D eigenvalue weighted by atomic mass is 19.3. The van der Waals surface area contributed by atoms with Crippen LogP contribution in [0.25, 0.3) is 0 Å². The number of amides is 1. The molecule has 4 heteroatoms. The van der Waals surface area contributed by atoms with Gasteiger partial charge in [-0.3, -0.25) is 4.79 Å². The number of nitrogens with zero attached hydrogens (tertiary/aromatic N) is 1. The summed E-state index contributed by atoms with van der Waals surface area (Å²) in [5, 5.41) is 0. The van der Waals surface area contributed by atoms with Crippen molar-refractivity contribution < 1.29 is 13.6 Å². The van der Waals surface area contributed by atoms with Crippen molar-refractivity contribution in [1.29, 1.82) is 0 Å². The van der Waals surface area contributed by atoms with Crippen LogP contribution in [0.2, 0.25) is 0 Å². The Balaban J connectivity index is 2.22. The highest BCUT2D eigenvalue weighted by Gasteiger charge is 2.53. The molecule has 1 aromatic carbocycles. The zero-order valence-corrected chi connectivity index (χ0v) is 8.62. The molecule has 0 spiro atoms. The molecule has 0 unspecified atom stereocenters. The van der Waals surface area contributed by atoms with Crippen molar-refractivity contribution in [2.45, 2.75) is 24.8 Å². The van der Waals surface area contributed by atoms with Gasteiger partial charge in [-0.15, -0.1) is 0 Å². The van der Waals surface area contributed by atoms with Crippen LogP contribution in [-0.2, 0) is 10.7 Å². The van der Waals surface area contributed by atoms with E-state index in [0.29, 0.717) is 12.1 Å². The van der Waals surface area contributed by atoms with Crippen molar-refractivity contribution >= 4 is 5.91 Å². The number of rotatable bonds is 0. The first kappa shape index (κ1) is 9.75. The molecule has 84 valence electrons. The Hall–Kier alpha value is -1.45. The minimum absolute atomic E-state index is 0.108. The van der Waals surface area contributed by atoms with Gasteiger partial charge in [0.05, 0.1) is 6.04 Å². The third-order valence-electron chi connectivity index (χ3n) is 3.44. The van der Waals surface area contributed by atoms with E-state index in [2.05, 4.69) is 0 Å². The highest BCUT2D eigenvalue weighted by molar-refractivity contribution is 5.88. The first-order chi connectivity index (χ1) is 7.62. The van der Waals surface area contributed by atoms with Crippen LogP contribution in [0.5, 0.6) is 0 Å². The molecular formula is C12H11F2NO. The lowest BCUT2D eigenvalue weighted by Crippen LogP contribution is -2.46. The Morgan fingerprint density at radius 3 is 2.88 bits per heavy atom. The summed E-state index contributed by atoms with van der Waals surface area (Å²) < 4.78 is 27.7. The predicted octanol–water partition coefficient (Wildman–Crippen LogP) is 2.46. The summed E-state index contributed by atoms with van der Waals surface area (Å²) in [6.07, 6.45) is 1.60. The summed E-state index contributed by atoms with van der Waals surface area (Å²) in [5.41, 5.74) is 0.507. The predicted molar refractivity (Wildman–Crippen MR) is 54.0 cm³/mol. The lowest BCUT2D eigenvalue weighted by atomic mass is 9.90. The molecule has 0 radical (unpaired) electrons. The van der Waals surface area contributed by atoms with Gasteiger partial charge in [-0.1, -0.05) is 24.3 Å².